The lowest BCUT2D eigenvalue weighted by molar-refractivity contribution is 0.0511. The van der Waals surface area contributed by atoms with E-state index in [4.69, 9.17) is 16.3 Å². The van der Waals surface area contributed by atoms with E-state index in [9.17, 15) is 9.18 Å². The number of carbonyl (C=O) groups is 1. The summed E-state index contributed by atoms with van der Waals surface area (Å²) in [5.74, 6) is -0.827. The number of methoxy groups -OCH3 is 1. The topological polar surface area (TPSA) is 50.4 Å². The van der Waals surface area contributed by atoms with Gasteiger partial charge in [0.25, 0.3) is 5.91 Å². The summed E-state index contributed by atoms with van der Waals surface area (Å²) in [6.45, 7) is 2.92. The fourth-order valence-corrected chi connectivity index (χ4v) is 2.91. The Morgan fingerprint density at radius 1 is 1.43 bits per heavy atom. The zero-order valence-electron chi connectivity index (χ0n) is 12.0. The van der Waals surface area contributed by atoms with Crippen LogP contribution in [0.25, 0.3) is 0 Å². The summed E-state index contributed by atoms with van der Waals surface area (Å²) in [7, 11) is 1.66. The van der Waals surface area contributed by atoms with E-state index in [-0.39, 0.29) is 21.9 Å². The van der Waals surface area contributed by atoms with Crippen LogP contribution in [0.3, 0.4) is 0 Å². The van der Waals surface area contributed by atoms with Gasteiger partial charge >= 0.3 is 0 Å². The Bertz CT molecular complexity index is 479. The SMILES string of the molecule is COCC1(CNC(=O)c2cc(F)cc(Cl)c2)CCNCC1. The Balaban J connectivity index is 2.01. The third kappa shape index (κ3) is 4.40. The Kier molecular flexibility index (Phi) is 5.56. The van der Waals surface area contributed by atoms with Crippen molar-refractivity contribution >= 4 is 17.5 Å². The van der Waals surface area contributed by atoms with Crippen LogP contribution in [0.4, 0.5) is 4.39 Å². The van der Waals surface area contributed by atoms with Gasteiger partial charge in [-0.1, -0.05) is 11.6 Å². The smallest absolute Gasteiger partial charge is 0.251 e. The third-order valence-corrected chi connectivity index (χ3v) is 4.08. The minimum absolute atomic E-state index is 0.0627. The molecule has 1 aliphatic heterocycles. The van der Waals surface area contributed by atoms with E-state index in [0.717, 1.165) is 25.9 Å². The van der Waals surface area contributed by atoms with Gasteiger partial charge in [-0.3, -0.25) is 4.79 Å². The first kappa shape index (κ1) is 16.2. The molecule has 2 N–H and O–H groups in total. The molecular formula is C15H20ClFN2O2. The fourth-order valence-electron chi connectivity index (χ4n) is 2.69. The first-order valence-electron chi connectivity index (χ1n) is 6.99. The van der Waals surface area contributed by atoms with Gasteiger partial charge < -0.3 is 15.4 Å². The lowest BCUT2D eigenvalue weighted by Crippen LogP contribution is -2.47. The fraction of sp³-hybridized carbons (Fsp3) is 0.533. The standard InChI is InChI=1S/C15H20ClFN2O2/c1-21-10-15(2-4-18-5-3-15)9-19-14(20)11-6-12(16)8-13(17)7-11/h6-8,18H,2-5,9-10H2,1H3,(H,19,20). The maximum Gasteiger partial charge on any atom is 0.251 e. The largest absolute Gasteiger partial charge is 0.384 e. The zero-order valence-corrected chi connectivity index (χ0v) is 12.8. The predicted octanol–water partition coefficient (Wildman–Crippen LogP) is 2.23. The second kappa shape index (κ2) is 7.20. The number of ether oxygens (including phenoxy) is 1. The van der Waals surface area contributed by atoms with Crippen LogP contribution >= 0.6 is 11.6 Å². The normalized spacial score (nSPS) is 17.5. The summed E-state index contributed by atoms with van der Waals surface area (Å²) in [5.41, 5.74) is 0.175. The molecule has 1 aliphatic rings. The molecule has 1 fully saturated rings. The summed E-state index contributed by atoms with van der Waals surface area (Å²) in [4.78, 5) is 12.1. The average molecular weight is 315 g/mol. The minimum atomic E-state index is -0.513. The van der Waals surface area contributed by atoms with Crippen molar-refractivity contribution in [2.24, 2.45) is 5.41 Å². The van der Waals surface area contributed by atoms with E-state index in [0.29, 0.717) is 13.2 Å². The van der Waals surface area contributed by atoms with Crippen LogP contribution < -0.4 is 10.6 Å². The number of hydrogen-bond acceptors (Lipinski definition) is 3. The highest BCUT2D eigenvalue weighted by molar-refractivity contribution is 6.31. The number of hydrogen-bond donors (Lipinski definition) is 2. The number of carbonyl (C=O) groups excluding carboxylic acids is 1. The van der Waals surface area contributed by atoms with E-state index in [1.807, 2.05) is 0 Å². The summed E-state index contributed by atoms with van der Waals surface area (Å²) in [6.07, 6.45) is 1.87. The molecule has 0 saturated carbocycles. The number of rotatable bonds is 5. The molecule has 0 spiro atoms. The van der Waals surface area contributed by atoms with Crippen molar-refractivity contribution in [1.82, 2.24) is 10.6 Å². The van der Waals surface area contributed by atoms with Crippen LogP contribution in [0.1, 0.15) is 23.2 Å². The van der Waals surface area contributed by atoms with Crippen LogP contribution in [-0.4, -0.2) is 39.3 Å². The van der Waals surface area contributed by atoms with E-state index in [1.165, 1.54) is 18.2 Å². The molecule has 1 saturated heterocycles. The molecule has 116 valence electrons. The van der Waals surface area contributed by atoms with Crippen LogP contribution in [0.2, 0.25) is 5.02 Å². The summed E-state index contributed by atoms with van der Waals surface area (Å²) >= 11 is 5.77. The van der Waals surface area contributed by atoms with E-state index in [1.54, 1.807) is 7.11 Å². The van der Waals surface area contributed by atoms with E-state index < -0.39 is 5.82 Å². The van der Waals surface area contributed by atoms with Gasteiger partial charge in [0.05, 0.1) is 6.61 Å². The lowest BCUT2D eigenvalue weighted by Gasteiger charge is -2.37. The van der Waals surface area contributed by atoms with Crippen LogP contribution in [0.5, 0.6) is 0 Å². The van der Waals surface area contributed by atoms with E-state index >= 15 is 0 Å². The molecule has 1 amide bonds. The van der Waals surface area contributed by atoms with Gasteiger partial charge in [-0.2, -0.15) is 0 Å². The highest BCUT2D eigenvalue weighted by atomic mass is 35.5. The van der Waals surface area contributed by atoms with Crippen molar-refractivity contribution in [1.29, 1.82) is 0 Å². The van der Waals surface area contributed by atoms with Crippen LogP contribution in [0.15, 0.2) is 18.2 Å². The quantitative estimate of drug-likeness (QED) is 0.876. The summed E-state index contributed by atoms with van der Waals surface area (Å²) in [5, 5.41) is 6.39. The predicted molar refractivity (Wildman–Crippen MR) is 80.2 cm³/mol. The molecule has 21 heavy (non-hydrogen) atoms. The molecule has 1 aromatic carbocycles. The lowest BCUT2D eigenvalue weighted by atomic mass is 9.79. The maximum atomic E-state index is 13.3. The molecule has 1 aromatic rings. The Morgan fingerprint density at radius 2 is 2.14 bits per heavy atom. The van der Waals surface area contributed by atoms with Crippen molar-refractivity contribution in [3.05, 3.63) is 34.6 Å². The second-order valence-corrected chi connectivity index (χ2v) is 5.96. The van der Waals surface area contributed by atoms with Crippen molar-refractivity contribution < 1.29 is 13.9 Å². The minimum Gasteiger partial charge on any atom is -0.384 e. The van der Waals surface area contributed by atoms with Gasteiger partial charge in [0, 0.05) is 29.7 Å². The third-order valence-electron chi connectivity index (χ3n) is 3.86. The van der Waals surface area contributed by atoms with Crippen molar-refractivity contribution in [2.45, 2.75) is 12.8 Å². The number of halogens is 2. The number of nitrogens with one attached hydrogen (secondary N) is 2. The average Bonchev–Trinajstić information content (AvgIpc) is 2.45. The summed E-state index contributed by atoms with van der Waals surface area (Å²) in [6, 6.07) is 3.83. The maximum absolute atomic E-state index is 13.3. The molecule has 0 aliphatic carbocycles. The molecule has 0 unspecified atom stereocenters. The molecule has 0 radical (unpaired) electrons. The van der Waals surface area contributed by atoms with Crippen molar-refractivity contribution in [3.63, 3.8) is 0 Å². The molecule has 2 rings (SSSR count). The van der Waals surface area contributed by atoms with Gasteiger partial charge in [0.2, 0.25) is 0 Å². The number of benzene rings is 1. The van der Waals surface area contributed by atoms with Gasteiger partial charge in [0.1, 0.15) is 5.82 Å². The molecule has 6 heteroatoms. The second-order valence-electron chi connectivity index (χ2n) is 5.52. The van der Waals surface area contributed by atoms with Crippen molar-refractivity contribution in [2.75, 3.05) is 33.4 Å². The first-order chi connectivity index (χ1) is 10.0. The van der Waals surface area contributed by atoms with Gasteiger partial charge in [-0.25, -0.2) is 4.39 Å². The van der Waals surface area contributed by atoms with Gasteiger partial charge in [0.15, 0.2) is 0 Å². The zero-order chi connectivity index (χ0) is 15.3. The number of amides is 1. The Hall–Kier alpha value is -1.17. The monoisotopic (exact) mass is 314 g/mol. The Labute approximate surface area is 129 Å². The number of piperidine rings is 1. The highest BCUT2D eigenvalue weighted by Crippen LogP contribution is 2.28. The molecule has 0 atom stereocenters. The summed E-state index contributed by atoms with van der Waals surface area (Å²) < 4.78 is 18.6. The van der Waals surface area contributed by atoms with Crippen LogP contribution in [-0.2, 0) is 4.74 Å². The van der Waals surface area contributed by atoms with E-state index in [2.05, 4.69) is 10.6 Å². The van der Waals surface area contributed by atoms with Gasteiger partial charge in [-0.05, 0) is 44.1 Å². The van der Waals surface area contributed by atoms with Crippen molar-refractivity contribution in [3.8, 4) is 0 Å². The molecule has 1 heterocycles. The van der Waals surface area contributed by atoms with Gasteiger partial charge in [-0.15, -0.1) is 0 Å². The molecule has 4 nitrogen and oxygen atoms in total. The Morgan fingerprint density at radius 3 is 2.76 bits per heavy atom. The molecule has 0 bridgehead atoms. The van der Waals surface area contributed by atoms with Crippen LogP contribution in [0, 0.1) is 11.2 Å². The first-order valence-corrected chi connectivity index (χ1v) is 7.36. The molecular weight excluding hydrogens is 295 g/mol. The highest BCUT2D eigenvalue weighted by Gasteiger charge is 2.32. The molecule has 0 aromatic heterocycles.